The van der Waals surface area contributed by atoms with E-state index in [0.29, 0.717) is 11.4 Å². The Hall–Kier alpha value is -2.37. The first-order valence-corrected chi connectivity index (χ1v) is 4.52. The van der Waals surface area contributed by atoms with Gasteiger partial charge in [-0.3, -0.25) is 4.79 Å². The van der Waals surface area contributed by atoms with E-state index in [0.717, 1.165) is 0 Å². The molecule has 0 spiro atoms. The van der Waals surface area contributed by atoms with Crippen molar-refractivity contribution in [3.63, 3.8) is 0 Å². The van der Waals surface area contributed by atoms with E-state index in [-0.39, 0.29) is 11.6 Å². The SMILES string of the molecule is COc1cccc(NC(=O)c2cnon2)c1. The van der Waals surface area contributed by atoms with Gasteiger partial charge in [0.2, 0.25) is 0 Å². The highest BCUT2D eigenvalue weighted by atomic mass is 16.6. The molecule has 1 heterocycles. The molecule has 0 atom stereocenters. The predicted octanol–water partition coefficient (Wildman–Crippen LogP) is 1.33. The molecule has 0 aliphatic carbocycles. The topological polar surface area (TPSA) is 77.2 Å². The Morgan fingerprint density at radius 3 is 3.06 bits per heavy atom. The lowest BCUT2D eigenvalue weighted by atomic mass is 10.3. The second-order valence-electron chi connectivity index (χ2n) is 2.98. The molecule has 0 radical (unpaired) electrons. The zero-order chi connectivity index (χ0) is 11.4. The number of aromatic nitrogens is 2. The average Bonchev–Trinajstić information content (AvgIpc) is 2.83. The largest absolute Gasteiger partial charge is 0.497 e. The third kappa shape index (κ3) is 2.17. The Balaban J connectivity index is 2.12. The summed E-state index contributed by atoms with van der Waals surface area (Å²) in [5.41, 5.74) is 0.746. The number of amides is 1. The highest BCUT2D eigenvalue weighted by molar-refractivity contribution is 6.02. The van der Waals surface area contributed by atoms with Crippen LogP contribution in [0.3, 0.4) is 0 Å². The quantitative estimate of drug-likeness (QED) is 0.842. The van der Waals surface area contributed by atoms with Crippen LogP contribution < -0.4 is 10.1 Å². The summed E-state index contributed by atoms with van der Waals surface area (Å²) in [7, 11) is 1.56. The lowest BCUT2D eigenvalue weighted by molar-refractivity contribution is 0.101. The first kappa shape index (κ1) is 10.2. The van der Waals surface area contributed by atoms with Crippen molar-refractivity contribution in [1.82, 2.24) is 10.3 Å². The molecule has 0 aliphatic heterocycles. The Bertz CT molecular complexity index is 482. The number of hydrogen-bond donors (Lipinski definition) is 1. The third-order valence-electron chi connectivity index (χ3n) is 1.92. The van der Waals surface area contributed by atoms with Crippen LogP contribution >= 0.6 is 0 Å². The van der Waals surface area contributed by atoms with Gasteiger partial charge in [0, 0.05) is 11.8 Å². The van der Waals surface area contributed by atoms with Crippen LogP contribution in [0.2, 0.25) is 0 Å². The zero-order valence-electron chi connectivity index (χ0n) is 8.51. The Morgan fingerprint density at radius 2 is 2.38 bits per heavy atom. The van der Waals surface area contributed by atoms with Gasteiger partial charge in [-0.25, -0.2) is 4.63 Å². The van der Waals surface area contributed by atoms with Crippen LogP contribution in [0.4, 0.5) is 5.69 Å². The van der Waals surface area contributed by atoms with Gasteiger partial charge in [-0.2, -0.15) is 0 Å². The summed E-state index contributed by atoms with van der Waals surface area (Å²) in [6.07, 6.45) is 1.25. The molecule has 0 unspecified atom stereocenters. The molecular formula is C10H9N3O3. The number of rotatable bonds is 3. The van der Waals surface area contributed by atoms with Crippen LogP contribution in [0, 0.1) is 0 Å². The average molecular weight is 219 g/mol. The van der Waals surface area contributed by atoms with E-state index in [2.05, 4.69) is 20.3 Å². The number of nitrogens with one attached hydrogen (secondary N) is 1. The molecular weight excluding hydrogens is 210 g/mol. The van der Waals surface area contributed by atoms with Gasteiger partial charge < -0.3 is 10.1 Å². The van der Waals surface area contributed by atoms with Gasteiger partial charge in [0.1, 0.15) is 11.9 Å². The molecule has 0 fully saturated rings. The number of carbonyl (C=O) groups excluding carboxylic acids is 1. The second-order valence-corrected chi connectivity index (χ2v) is 2.98. The Kier molecular flexibility index (Phi) is 2.81. The Morgan fingerprint density at radius 1 is 1.50 bits per heavy atom. The first-order chi connectivity index (χ1) is 7.79. The highest BCUT2D eigenvalue weighted by Gasteiger charge is 2.10. The molecule has 2 rings (SSSR count). The molecule has 16 heavy (non-hydrogen) atoms. The second kappa shape index (κ2) is 4.43. The van der Waals surface area contributed by atoms with Gasteiger partial charge in [-0.05, 0) is 17.3 Å². The van der Waals surface area contributed by atoms with E-state index < -0.39 is 0 Å². The fraction of sp³-hybridized carbons (Fsp3) is 0.100. The first-order valence-electron chi connectivity index (χ1n) is 4.52. The zero-order valence-corrected chi connectivity index (χ0v) is 8.51. The molecule has 6 nitrogen and oxygen atoms in total. The number of ether oxygens (including phenoxy) is 1. The van der Waals surface area contributed by atoms with Crippen LogP contribution in [0.25, 0.3) is 0 Å². The van der Waals surface area contributed by atoms with E-state index in [1.165, 1.54) is 6.20 Å². The molecule has 1 aromatic heterocycles. The van der Waals surface area contributed by atoms with Crippen LogP contribution in [0.1, 0.15) is 10.5 Å². The minimum atomic E-state index is -0.380. The van der Waals surface area contributed by atoms with E-state index in [4.69, 9.17) is 4.74 Å². The maximum atomic E-state index is 11.6. The van der Waals surface area contributed by atoms with Crippen molar-refractivity contribution in [2.45, 2.75) is 0 Å². The fourth-order valence-electron chi connectivity index (χ4n) is 1.16. The summed E-state index contributed by atoms with van der Waals surface area (Å²) in [6.45, 7) is 0. The van der Waals surface area contributed by atoms with Crippen molar-refractivity contribution < 1.29 is 14.2 Å². The standard InChI is InChI=1S/C10H9N3O3/c1-15-8-4-2-3-7(5-8)12-10(14)9-6-11-16-13-9/h2-6H,1H3,(H,12,14). The monoisotopic (exact) mass is 219 g/mol. The smallest absolute Gasteiger partial charge is 0.279 e. The van der Waals surface area contributed by atoms with Gasteiger partial charge in [0.25, 0.3) is 5.91 Å². The van der Waals surface area contributed by atoms with Crippen molar-refractivity contribution in [3.05, 3.63) is 36.2 Å². The van der Waals surface area contributed by atoms with Crippen molar-refractivity contribution in [3.8, 4) is 5.75 Å². The number of nitrogens with zero attached hydrogens (tertiary/aromatic N) is 2. The van der Waals surface area contributed by atoms with Crippen LogP contribution in [-0.2, 0) is 0 Å². The summed E-state index contributed by atoms with van der Waals surface area (Å²) >= 11 is 0. The summed E-state index contributed by atoms with van der Waals surface area (Å²) in [5.74, 6) is 0.283. The van der Waals surface area contributed by atoms with Gasteiger partial charge in [-0.15, -0.1) is 0 Å². The van der Waals surface area contributed by atoms with Crippen LogP contribution in [-0.4, -0.2) is 23.3 Å². The molecule has 82 valence electrons. The summed E-state index contributed by atoms with van der Waals surface area (Å²) < 4.78 is 9.36. The van der Waals surface area contributed by atoms with Crippen molar-refractivity contribution in [2.75, 3.05) is 12.4 Å². The molecule has 1 amide bonds. The predicted molar refractivity (Wildman–Crippen MR) is 55.2 cm³/mol. The van der Waals surface area contributed by atoms with Crippen molar-refractivity contribution in [2.24, 2.45) is 0 Å². The summed E-state index contributed by atoms with van der Waals surface area (Å²) in [6, 6.07) is 7.00. The third-order valence-corrected chi connectivity index (χ3v) is 1.92. The lowest BCUT2D eigenvalue weighted by Gasteiger charge is -2.04. The van der Waals surface area contributed by atoms with Gasteiger partial charge in [0.05, 0.1) is 7.11 Å². The van der Waals surface area contributed by atoms with E-state index in [1.807, 2.05) is 0 Å². The van der Waals surface area contributed by atoms with Gasteiger partial charge >= 0.3 is 0 Å². The molecule has 2 aromatic rings. The maximum Gasteiger partial charge on any atom is 0.279 e. The van der Waals surface area contributed by atoms with Gasteiger partial charge in [0.15, 0.2) is 5.69 Å². The van der Waals surface area contributed by atoms with Crippen molar-refractivity contribution >= 4 is 11.6 Å². The maximum absolute atomic E-state index is 11.6. The van der Waals surface area contributed by atoms with Gasteiger partial charge in [-0.1, -0.05) is 11.2 Å². The molecule has 0 aliphatic rings. The van der Waals surface area contributed by atoms with Crippen molar-refractivity contribution in [1.29, 1.82) is 0 Å². The number of hydrogen-bond acceptors (Lipinski definition) is 5. The summed E-state index contributed by atoms with van der Waals surface area (Å²) in [5, 5.41) is 9.41. The highest BCUT2D eigenvalue weighted by Crippen LogP contribution is 2.17. The number of carbonyl (C=O) groups is 1. The number of methoxy groups -OCH3 is 1. The normalized spacial score (nSPS) is 9.81. The summed E-state index contributed by atoms with van der Waals surface area (Å²) in [4.78, 5) is 11.6. The number of anilines is 1. The molecule has 1 aromatic carbocycles. The molecule has 0 bridgehead atoms. The minimum Gasteiger partial charge on any atom is -0.497 e. The molecule has 0 saturated heterocycles. The Labute approximate surface area is 91.2 Å². The molecule has 1 N–H and O–H groups in total. The van der Waals surface area contributed by atoms with Crippen LogP contribution in [0.15, 0.2) is 35.1 Å². The lowest BCUT2D eigenvalue weighted by Crippen LogP contribution is -2.12. The molecule has 6 heteroatoms. The molecule has 0 saturated carbocycles. The van der Waals surface area contributed by atoms with Crippen LogP contribution in [0.5, 0.6) is 5.75 Å². The number of benzene rings is 1. The van der Waals surface area contributed by atoms with E-state index in [1.54, 1.807) is 31.4 Å². The fourth-order valence-corrected chi connectivity index (χ4v) is 1.16. The van der Waals surface area contributed by atoms with E-state index >= 15 is 0 Å². The van der Waals surface area contributed by atoms with E-state index in [9.17, 15) is 4.79 Å². The minimum absolute atomic E-state index is 0.128.